The minimum Gasteiger partial charge on any atom is -0.455 e. The molecule has 0 saturated carbocycles. The summed E-state index contributed by atoms with van der Waals surface area (Å²) in [5.41, 5.74) is 1.96. The molecule has 0 radical (unpaired) electrons. The van der Waals surface area contributed by atoms with Crippen LogP contribution >= 0.6 is 0 Å². The summed E-state index contributed by atoms with van der Waals surface area (Å²) in [5, 5.41) is 4.29. The molecule has 2 aromatic heterocycles. The Balaban J connectivity index is 1.48. The summed E-state index contributed by atoms with van der Waals surface area (Å²) in [6.45, 7) is 4.70. The summed E-state index contributed by atoms with van der Waals surface area (Å²) in [6, 6.07) is 14.7. The number of hydrogen-bond acceptors (Lipinski definition) is 6. The largest absolute Gasteiger partial charge is 0.455 e. The zero-order valence-corrected chi connectivity index (χ0v) is 18.0. The average Bonchev–Trinajstić information content (AvgIpc) is 3.27. The number of para-hydroxylation sites is 1. The molecular formula is C25H23N3O4. The van der Waals surface area contributed by atoms with Crippen LogP contribution in [0.5, 0.6) is 0 Å². The van der Waals surface area contributed by atoms with Crippen LogP contribution < -0.4 is 5.43 Å². The molecule has 0 unspecified atom stereocenters. The van der Waals surface area contributed by atoms with E-state index in [-0.39, 0.29) is 17.3 Å². The molecule has 1 amide bonds. The summed E-state index contributed by atoms with van der Waals surface area (Å²) < 4.78 is 11.5. The molecule has 7 nitrogen and oxygen atoms in total. The van der Waals surface area contributed by atoms with Crippen LogP contribution in [-0.4, -0.2) is 34.0 Å². The van der Waals surface area contributed by atoms with E-state index in [2.05, 4.69) is 10.1 Å². The third-order valence-electron chi connectivity index (χ3n) is 6.09. The van der Waals surface area contributed by atoms with E-state index in [0.29, 0.717) is 52.7 Å². The van der Waals surface area contributed by atoms with E-state index in [4.69, 9.17) is 8.94 Å². The van der Waals surface area contributed by atoms with Crippen molar-refractivity contribution in [3.8, 4) is 11.3 Å². The normalized spacial score (nSPS) is 14.8. The molecule has 4 aromatic rings. The quantitative estimate of drug-likeness (QED) is 0.477. The van der Waals surface area contributed by atoms with E-state index in [1.807, 2.05) is 30.3 Å². The molecule has 5 rings (SSSR count). The predicted molar refractivity (Wildman–Crippen MR) is 120 cm³/mol. The lowest BCUT2D eigenvalue weighted by Crippen LogP contribution is -2.38. The van der Waals surface area contributed by atoms with Crippen molar-refractivity contribution in [2.75, 3.05) is 13.1 Å². The number of hydrogen-bond donors (Lipinski definition) is 0. The Bertz CT molecular complexity index is 1350. The standard InChI is InChI=1S/C25H23N3O4/c1-15-21(29)19-9-6-10-20(23(19)31-22(15)17-7-4-3-5-8-17)25(30)28-13-11-18(12-14-28)24-26-16(2)27-32-24/h3-10,18H,11-14H2,1-2H3. The molecule has 162 valence electrons. The number of rotatable bonds is 3. The van der Waals surface area contributed by atoms with E-state index >= 15 is 0 Å². The zero-order chi connectivity index (χ0) is 22.2. The molecule has 0 bridgehead atoms. The molecule has 0 aliphatic carbocycles. The van der Waals surface area contributed by atoms with Crippen LogP contribution in [0.1, 0.15) is 46.4 Å². The van der Waals surface area contributed by atoms with E-state index < -0.39 is 0 Å². The fraction of sp³-hybridized carbons (Fsp3) is 0.280. The molecule has 1 saturated heterocycles. The number of nitrogens with zero attached hydrogens (tertiary/aromatic N) is 3. The number of likely N-dealkylation sites (tertiary alicyclic amines) is 1. The summed E-state index contributed by atoms with van der Waals surface area (Å²) >= 11 is 0. The second kappa shape index (κ2) is 8.07. The van der Waals surface area contributed by atoms with Gasteiger partial charge in [0, 0.05) is 30.1 Å². The third-order valence-corrected chi connectivity index (χ3v) is 6.09. The van der Waals surface area contributed by atoms with Gasteiger partial charge in [0.1, 0.15) is 5.76 Å². The van der Waals surface area contributed by atoms with Crippen LogP contribution in [0.3, 0.4) is 0 Å². The molecule has 0 atom stereocenters. The number of carbonyl (C=O) groups excluding carboxylic acids is 1. The SMILES string of the molecule is Cc1noc(C2CCN(C(=O)c3cccc4c(=O)c(C)c(-c5ccccc5)oc34)CC2)n1. The first kappa shape index (κ1) is 20.2. The van der Waals surface area contributed by atoms with Gasteiger partial charge in [-0.05, 0) is 38.8 Å². The highest BCUT2D eigenvalue weighted by Gasteiger charge is 2.29. The highest BCUT2D eigenvalue weighted by Crippen LogP contribution is 2.30. The Morgan fingerprint density at radius 1 is 1.03 bits per heavy atom. The summed E-state index contributed by atoms with van der Waals surface area (Å²) in [5.74, 6) is 1.76. The molecule has 0 N–H and O–H groups in total. The van der Waals surface area contributed by atoms with Gasteiger partial charge in [0.25, 0.3) is 5.91 Å². The van der Waals surface area contributed by atoms with Gasteiger partial charge >= 0.3 is 0 Å². The number of piperidine rings is 1. The van der Waals surface area contributed by atoms with Crippen molar-refractivity contribution in [3.05, 3.63) is 81.6 Å². The Labute approximate surface area is 184 Å². The summed E-state index contributed by atoms with van der Waals surface area (Å²) in [7, 11) is 0. The van der Waals surface area contributed by atoms with Gasteiger partial charge in [-0.1, -0.05) is 41.6 Å². The first-order valence-electron chi connectivity index (χ1n) is 10.7. The molecule has 1 aliphatic rings. The van der Waals surface area contributed by atoms with Gasteiger partial charge in [-0.15, -0.1) is 0 Å². The van der Waals surface area contributed by atoms with E-state index in [1.165, 1.54) is 0 Å². The third kappa shape index (κ3) is 3.49. The molecule has 32 heavy (non-hydrogen) atoms. The average molecular weight is 429 g/mol. The molecule has 2 aromatic carbocycles. The summed E-state index contributed by atoms with van der Waals surface area (Å²) in [6.07, 6.45) is 1.49. The van der Waals surface area contributed by atoms with Crippen LogP contribution in [-0.2, 0) is 0 Å². The number of fused-ring (bicyclic) bond motifs is 1. The van der Waals surface area contributed by atoms with Crippen LogP contribution in [0.4, 0.5) is 0 Å². The lowest BCUT2D eigenvalue weighted by molar-refractivity contribution is 0.0705. The van der Waals surface area contributed by atoms with Crippen molar-refractivity contribution in [1.29, 1.82) is 0 Å². The lowest BCUT2D eigenvalue weighted by Gasteiger charge is -2.30. The molecule has 1 fully saturated rings. The van der Waals surface area contributed by atoms with Gasteiger partial charge < -0.3 is 13.8 Å². The molecule has 0 spiro atoms. The Morgan fingerprint density at radius 3 is 2.47 bits per heavy atom. The van der Waals surface area contributed by atoms with Crippen LogP contribution in [0.2, 0.25) is 0 Å². The van der Waals surface area contributed by atoms with Crippen LogP contribution in [0.25, 0.3) is 22.3 Å². The molecule has 7 heteroatoms. The van der Waals surface area contributed by atoms with E-state index in [1.54, 1.807) is 36.9 Å². The minimum atomic E-state index is -0.137. The number of benzene rings is 2. The van der Waals surface area contributed by atoms with Gasteiger partial charge in [-0.2, -0.15) is 4.98 Å². The second-order valence-corrected chi connectivity index (χ2v) is 8.18. The smallest absolute Gasteiger partial charge is 0.257 e. The summed E-state index contributed by atoms with van der Waals surface area (Å²) in [4.78, 5) is 32.6. The number of amides is 1. The highest BCUT2D eigenvalue weighted by molar-refractivity contribution is 6.05. The van der Waals surface area contributed by atoms with Gasteiger partial charge in [-0.25, -0.2) is 0 Å². The van der Waals surface area contributed by atoms with Crippen molar-refractivity contribution in [3.63, 3.8) is 0 Å². The monoisotopic (exact) mass is 429 g/mol. The fourth-order valence-electron chi connectivity index (χ4n) is 4.32. The van der Waals surface area contributed by atoms with Gasteiger partial charge in [0.15, 0.2) is 16.8 Å². The molecular weight excluding hydrogens is 406 g/mol. The first-order chi connectivity index (χ1) is 15.5. The Morgan fingerprint density at radius 2 is 1.78 bits per heavy atom. The molecule has 1 aliphatic heterocycles. The van der Waals surface area contributed by atoms with E-state index in [9.17, 15) is 9.59 Å². The zero-order valence-electron chi connectivity index (χ0n) is 18.0. The van der Waals surface area contributed by atoms with Crippen molar-refractivity contribution in [2.24, 2.45) is 0 Å². The minimum absolute atomic E-state index is 0.120. The maximum Gasteiger partial charge on any atom is 0.257 e. The first-order valence-corrected chi connectivity index (χ1v) is 10.7. The fourth-order valence-corrected chi connectivity index (χ4v) is 4.32. The Kier molecular flexibility index (Phi) is 5.09. The topological polar surface area (TPSA) is 89.4 Å². The van der Waals surface area contributed by atoms with Gasteiger partial charge in [0.05, 0.1) is 10.9 Å². The van der Waals surface area contributed by atoms with Crippen LogP contribution in [0.15, 0.2) is 62.3 Å². The van der Waals surface area contributed by atoms with Gasteiger partial charge in [-0.3, -0.25) is 9.59 Å². The Hall–Kier alpha value is -3.74. The second-order valence-electron chi connectivity index (χ2n) is 8.18. The van der Waals surface area contributed by atoms with Crippen LogP contribution in [0, 0.1) is 13.8 Å². The maximum atomic E-state index is 13.4. The number of carbonyl (C=O) groups is 1. The number of aromatic nitrogens is 2. The van der Waals surface area contributed by atoms with Crippen molar-refractivity contribution < 1.29 is 13.7 Å². The lowest BCUT2D eigenvalue weighted by atomic mass is 9.96. The van der Waals surface area contributed by atoms with Crippen molar-refractivity contribution >= 4 is 16.9 Å². The van der Waals surface area contributed by atoms with Gasteiger partial charge in [0.2, 0.25) is 5.89 Å². The molecule has 3 heterocycles. The highest BCUT2D eigenvalue weighted by atomic mass is 16.5. The predicted octanol–water partition coefficient (Wildman–Crippen LogP) is 4.48. The van der Waals surface area contributed by atoms with Crippen molar-refractivity contribution in [2.45, 2.75) is 32.6 Å². The maximum absolute atomic E-state index is 13.4. The van der Waals surface area contributed by atoms with E-state index in [0.717, 1.165) is 18.4 Å². The number of aryl methyl sites for hydroxylation is 1. The van der Waals surface area contributed by atoms with Crippen molar-refractivity contribution in [1.82, 2.24) is 15.0 Å².